The number of carbonyl (C=O) groups is 1. The van der Waals surface area contributed by atoms with Crippen LogP contribution in [0.25, 0.3) is 0 Å². The van der Waals surface area contributed by atoms with Gasteiger partial charge in [-0.1, -0.05) is 5.10 Å². The first-order chi connectivity index (χ1) is 8.16. The van der Waals surface area contributed by atoms with Crippen molar-refractivity contribution in [2.45, 2.75) is 0 Å². The quantitative estimate of drug-likeness (QED) is 0.805. The topological polar surface area (TPSA) is 86.8 Å². The molecule has 0 aliphatic rings. The Morgan fingerprint density at radius 1 is 1.29 bits per heavy atom. The molecule has 7 heteroatoms. The van der Waals surface area contributed by atoms with Gasteiger partial charge < -0.3 is 4.90 Å². The highest BCUT2D eigenvalue weighted by molar-refractivity contribution is 6.03. The summed E-state index contributed by atoms with van der Waals surface area (Å²) in [7, 11) is 3.88. The van der Waals surface area contributed by atoms with Gasteiger partial charge in [0.1, 0.15) is 0 Å². The number of benzene rings is 1. The minimum absolute atomic E-state index is 0.159. The molecule has 1 heterocycles. The first-order valence-corrected chi connectivity index (χ1v) is 4.99. The number of nitrogens with one attached hydrogen (secondary N) is 2. The summed E-state index contributed by atoms with van der Waals surface area (Å²) in [5.41, 5.74) is 1.57. The Morgan fingerprint density at radius 3 is 2.53 bits per heavy atom. The minimum Gasteiger partial charge on any atom is -0.378 e. The second-order valence-corrected chi connectivity index (χ2v) is 3.63. The van der Waals surface area contributed by atoms with Gasteiger partial charge in [-0.25, -0.2) is 0 Å². The lowest BCUT2D eigenvalue weighted by Gasteiger charge is -2.12. The van der Waals surface area contributed by atoms with Crippen molar-refractivity contribution in [3.05, 3.63) is 29.8 Å². The predicted molar refractivity (Wildman–Crippen MR) is 62.9 cm³/mol. The summed E-state index contributed by atoms with van der Waals surface area (Å²) in [6.45, 7) is 0. The largest absolute Gasteiger partial charge is 0.378 e. The maximum absolute atomic E-state index is 11.7. The first kappa shape index (κ1) is 11.1. The molecule has 0 saturated heterocycles. The third-order valence-electron chi connectivity index (χ3n) is 2.22. The van der Waals surface area contributed by atoms with Gasteiger partial charge >= 0.3 is 0 Å². The van der Waals surface area contributed by atoms with Crippen molar-refractivity contribution in [2.75, 3.05) is 24.3 Å². The molecular weight excluding hydrogens is 220 g/mol. The van der Waals surface area contributed by atoms with Crippen LogP contribution in [0, 0.1) is 0 Å². The Morgan fingerprint density at radius 2 is 2.00 bits per heavy atom. The summed E-state index contributed by atoms with van der Waals surface area (Å²) in [5, 5.41) is 15.4. The van der Waals surface area contributed by atoms with Crippen LogP contribution in [-0.4, -0.2) is 40.6 Å². The van der Waals surface area contributed by atoms with Crippen LogP contribution in [0.4, 0.5) is 11.6 Å². The molecule has 88 valence electrons. The molecule has 2 rings (SSSR count). The van der Waals surface area contributed by atoms with Gasteiger partial charge in [-0.3, -0.25) is 10.1 Å². The van der Waals surface area contributed by atoms with Crippen molar-refractivity contribution in [3.8, 4) is 0 Å². The van der Waals surface area contributed by atoms with Gasteiger partial charge in [0.05, 0.1) is 0 Å². The Hall–Kier alpha value is -2.44. The van der Waals surface area contributed by atoms with Crippen molar-refractivity contribution >= 4 is 17.5 Å². The van der Waals surface area contributed by atoms with E-state index in [-0.39, 0.29) is 11.9 Å². The molecule has 7 nitrogen and oxygen atoms in total. The van der Waals surface area contributed by atoms with E-state index in [1.165, 1.54) is 0 Å². The van der Waals surface area contributed by atoms with E-state index >= 15 is 0 Å². The molecular formula is C10H12N6O. The summed E-state index contributed by atoms with van der Waals surface area (Å²) in [4.78, 5) is 13.7. The monoisotopic (exact) mass is 232 g/mol. The third-order valence-corrected chi connectivity index (χ3v) is 2.22. The zero-order valence-corrected chi connectivity index (χ0v) is 9.51. The molecule has 0 atom stereocenters. The van der Waals surface area contributed by atoms with Gasteiger partial charge in [0, 0.05) is 25.3 Å². The van der Waals surface area contributed by atoms with Gasteiger partial charge in [-0.15, -0.1) is 5.10 Å². The number of nitrogens with zero attached hydrogens (tertiary/aromatic N) is 4. The van der Waals surface area contributed by atoms with Gasteiger partial charge in [0.15, 0.2) is 0 Å². The Labute approximate surface area is 97.8 Å². The van der Waals surface area contributed by atoms with E-state index < -0.39 is 0 Å². The summed E-state index contributed by atoms with van der Waals surface area (Å²) in [5.74, 6) is -0.108. The summed E-state index contributed by atoms with van der Waals surface area (Å²) >= 11 is 0. The lowest BCUT2D eigenvalue weighted by atomic mass is 10.2. The maximum Gasteiger partial charge on any atom is 0.270 e. The number of tetrazole rings is 1. The fourth-order valence-corrected chi connectivity index (χ4v) is 1.30. The number of H-pyrrole nitrogens is 1. The van der Waals surface area contributed by atoms with Crippen molar-refractivity contribution in [3.63, 3.8) is 0 Å². The lowest BCUT2D eigenvalue weighted by Crippen LogP contribution is -2.14. The zero-order chi connectivity index (χ0) is 12.3. The van der Waals surface area contributed by atoms with Crippen LogP contribution >= 0.6 is 0 Å². The molecule has 0 radical (unpaired) electrons. The normalized spacial score (nSPS) is 10.0. The van der Waals surface area contributed by atoms with Crippen molar-refractivity contribution in [1.29, 1.82) is 0 Å². The predicted octanol–water partition coefficient (Wildman–Crippen LogP) is 0.518. The van der Waals surface area contributed by atoms with Gasteiger partial charge in [0.2, 0.25) is 0 Å². The van der Waals surface area contributed by atoms with Crippen LogP contribution < -0.4 is 10.2 Å². The number of amides is 1. The second kappa shape index (κ2) is 4.60. The zero-order valence-electron chi connectivity index (χ0n) is 9.51. The molecule has 17 heavy (non-hydrogen) atoms. The number of anilines is 2. The van der Waals surface area contributed by atoms with Crippen LogP contribution in [0.5, 0.6) is 0 Å². The molecule has 2 N–H and O–H groups in total. The second-order valence-electron chi connectivity index (χ2n) is 3.63. The molecule has 1 amide bonds. The molecule has 0 saturated carbocycles. The molecule has 1 aromatic heterocycles. The number of rotatable bonds is 3. The Bertz CT molecular complexity index is 490. The van der Waals surface area contributed by atoms with E-state index in [0.29, 0.717) is 5.56 Å². The average Bonchev–Trinajstić information content (AvgIpc) is 2.82. The van der Waals surface area contributed by atoms with Crippen LogP contribution in [0.1, 0.15) is 10.4 Å². The highest BCUT2D eigenvalue weighted by Gasteiger charge is 2.08. The highest BCUT2D eigenvalue weighted by atomic mass is 16.1. The van der Waals surface area contributed by atoms with Crippen LogP contribution in [-0.2, 0) is 0 Å². The average molecular weight is 232 g/mol. The number of aromatic amines is 1. The molecule has 0 bridgehead atoms. The molecule has 1 aromatic carbocycles. The summed E-state index contributed by atoms with van der Waals surface area (Å²) < 4.78 is 0. The lowest BCUT2D eigenvalue weighted by molar-refractivity contribution is 0.102. The fourth-order valence-electron chi connectivity index (χ4n) is 1.30. The smallest absolute Gasteiger partial charge is 0.270 e. The molecule has 0 aliphatic carbocycles. The maximum atomic E-state index is 11.7. The van der Waals surface area contributed by atoms with Gasteiger partial charge in [-0.2, -0.15) is 5.21 Å². The van der Waals surface area contributed by atoms with E-state index in [2.05, 4.69) is 25.9 Å². The molecule has 0 fully saturated rings. The van der Waals surface area contributed by atoms with E-state index in [9.17, 15) is 4.79 Å². The fraction of sp³-hybridized carbons (Fsp3) is 0.200. The Kier molecular flexibility index (Phi) is 2.99. The number of hydrogen-bond donors (Lipinski definition) is 2. The standard InChI is InChI=1S/C10H12N6O/c1-16(2)8-5-3-7(4-6-8)9(17)11-10-12-14-15-13-10/h3-6H,1-2H3,(H2,11,12,13,14,15,17). The number of carbonyl (C=O) groups excluding carboxylic acids is 1. The molecule has 0 spiro atoms. The van der Waals surface area contributed by atoms with Gasteiger partial charge in [0.25, 0.3) is 11.9 Å². The van der Waals surface area contributed by atoms with Gasteiger partial charge in [-0.05, 0) is 29.5 Å². The SMILES string of the molecule is CN(C)c1ccc(C(=O)Nc2nn[nH]n2)cc1. The van der Waals surface area contributed by atoms with E-state index in [1.807, 2.05) is 31.1 Å². The Balaban J connectivity index is 2.09. The number of aromatic nitrogens is 4. The van der Waals surface area contributed by atoms with Crippen LogP contribution in [0.2, 0.25) is 0 Å². The van der Waals surface area contributed by atoms with Crippen molar-refractivity contribution < 1.29 is 4.79 Å². The highest BCUT2D eigenvalue weighted by Crippen LogP contribution is 2.12. The van der Waals surface area contributed by atoms with E-state index in [0.717, 1.165) is 5.69 Å². The molecule has 0 unspecified atom stereocenters. The van der Waals surface area contributed by atoms with Crippen molar-refractivity contribution in [2.24, 2.45) is 0 Å². The van der Waals surface area contributed by atoms with E-state index in [1.54, 1.807) is 12.1 Å². The van der Waals surface area contributed by atoms with Crippen LogP contribution in [0.15, 0.2) is 24.3 Å². The summed E-state index contributed by atoms with van der Waals surface area (Å²) in [6, 6.07) is 7.21. The van der Waals surface area contributed by atoms with E-state index in [4.69, 9.17) is 0 Å². The number of hydrogen-bond acceptors (Lipinski definition) is 5. The molecule has 2 aromatic rings. The molecule has 0 aliphatic heterocycles. The van der Waals surface area contributed by atoms with Crippen molar-refractivity contribution in [1.82, 2.24) is 20.6 Å². The van der Waals surface area contributed by atoms with Crippen LogP contribution in [0.3, 0.4) is 0 Å². The first-order valence-electron chi connectivity index (χ1n) is 4.99. The minimum atomic E-state index is -0.267. The third kappa shape index (κ3) is 2.57. The summed E-state index contributed by atoms with van der Waals surface area (Å²) in [6.07, 6.45) is 0.